The van der Waals surface area contributed by atoms with Crippen molar-refractivity contribution in [1.82, 2.24) is 4.90 Å². The van der Waals surface area contributed by atoms with Crippen LogP contribution in [0.25, 0.3) is 0 Å². The van der Waals surface area contributed by atoms with Crippen LogP contribution in [-0.2, 0) is 4.79 Å². The van der Waals surface area contributed by atoms with Crippen LogP contribution in [0.3, 0.4) is 0 Å². The van der Waals surface area contributed by atoms with Crippen molar-refractivity contribution in [3.63, 3.8) is 0 Å². The number of carbonyl (C=O) groups is 1. The summed E-state index contributed by atoms with van der Waals surface area (Å²) in [6.45, 7) is 4.91. The zero-order valence-electron chi connectivity index (χ0n) is 11.1. The number of carboxylic acid groups (broad SMARTS) is 1. The Bertz CT molecular complexity index is 238. The zero-order valence-corrected chi connectivity index (χ0v) is 11.1. The molecule has 100 valence electrons. The van der Waals surface area contributed by atoms with E-state index in [0.29, 0.717) is 12.1 Å². The van der Waals surface area contributed by atoms with Gasteiger partial charge in [0.1, 0.15) is 6.04 Å². The first kappa shape index (κ1) is 14.5. The Labute approximate surface area is 104 Å². The lowest BCUT2D eigenvalue weighted by Gasteiger charge is -2.38. The van der Waals surface area contributed by atoms with Gasteiger partial charge in [-0.05, 0) is 38.6 Å². The Hall–Kier alpha value is -0.610. The lowest BCUT2D eigenvalue weighted by Crippen LogP contribution is -2.49. The molecule has 0 radical (unpaired) electrons. The van der Waals surface area contributed by atoms with Crippen LogP contribution in [-0.4, -0.2) is 40.6 Å². The number of hydrogen-bond acceptors (Lipinski definition) is 3. The fraction of sp³-hybridized carbons (Fsp3) is 0.923. The van der Waals surface area contributed by atoms with Gasteiger partial charge in [0, 0.05) is 12.1 Å². The molecule has 3 N–H and O–H groups in total. The number of carboxylic acids is 1. The predicted octanol–water partition coefficient (Wildman–Crippen LogP) is 1.83. The smallest absolute Gasteiger partial charge is 0.320 e. The van der Waals surface area contributed by atoms with E-state index >= 15 is 0 Å². The fourth-order valence-electron chi connectivity index (χ4n) is 2.87. The average Bonchev–Trinajstić information content (AvgIpc) is 2.31. The summed E-state index contributed by atoms with van der Waals surface area (Å²) in [4.78, 5) is 13.5. The van der Waals surface area contributed by atoms with Crippen LogP contribution in [0.4, 0.5) is 0 Å². The summed E-state index contributed by atoms with van der Waals surface area (Å²) in [7, 11) is 0. The van der Waals surface area contributed by atoms with Gasteiger partial charge in [0.15, 0.2) is 0 Å². The molecule has 1 atom stereocenters. The van der Waals surface area contributed by atoms with Gasteiger partial charge in [-0.25, -0.2) is 0 Å². The van der Waals surface area contributed by atoms with E-state index in [9.17, 15) is 9.90 Å². The highest BCUT2D eigenvalue weighted by Gasteiger charge is 2.31. The number of hydrogen-bond donors (Lipinski definition) is 2. The van der Waals surface area contributed by atoms with Gasteiger partial charge in [0.25, 0.3) is 0 Å². The third kappa shape index (κ3) is 3.96. The van der Waals surface area contributed by atoms with Crippen molar-refractivity contribution in [2.24, 2.45) is 5.73 Å². The molecule has 1 aliphatic rings. The van der Waals surface area contributed by atoms with E-state index in [1.165, 1.54) is 0 Å². The van der Waals surface area contributed by atoms with Crippen LogP contribution >= 0.6 is 0 Å². The summed E-state index contributed by atoms with van der Waals surface area (Å²) < 4.78 is 0. The summed E-state index contributed by atoms with van der Waals surface area (Å²) in [6.07, 6.45) is 5.80. The number of nitrogens with zero attached hydrogens (tertiary/aromatic N) is 1. The minimum absolute atomic E-state index is 0.315. The second kappa shape index (κ2) is 6.97. The van der Waals surface area contributed by atoms with Gasteiger partial charge in [-0.2, -0.15) is 0 Å². The van der Waals surface area contributed by atoms with Crippen molar-refractivity contribution in [2.45, 2.75) is 70.5 Å². The van der Waals surface area contributed by atoms with Crippen LogP contribution in [0.5, 0.6) is 0 Å². The Morgan fingerprint density at radius 2 is 1.94 bits per heavy atom. The van der Waals surface area contributed by atoms with Gasteiger partial charge in [-0.15, -0.1) is 0 Å². The Balaban J connectivity index is 2.64. The molecule has 1 saturated carbocycles. The second-order valence-corrected chi connectivity index (χ2v) is 5.04. The molecule has 4 heteroatoms. The van der Waals surface area contributed by atoms with Crippen molar-refractivity contribution >= 4 is 5.97 Å². The molecule has 0 aromatic carbocycles. The highest BCUT2D eigenvalue weighted by atomic mass is 16.4. The molecular formula is C13H26N2O2. The van der Waals surface area contributed by atoms with Crippen molar-refractivity contribution in [2.75, 3.05) is 6.54 Å². The Morgan fingerprint density at radius 1 is 1.35 bits per heavy atom. The van der Waals surface area contributed by atoms with Crippen molar-refractivity contribution in [1.29, 1.82) is 0 Å². The number of likely N-dealkylation sites (N-methyl/N-ethyl adjacent to an activating group) is 1. The molecule has 0 heterocycles. The van der Waals surface area contributed by atoms with Crippen LogP contribution in [0.2, 0.25) is 0 Å². The molecule has 0 saturated heterocycles. The van der Waals surface area contributed by atoms with E-state index in [0.717, 1.165) is 45.1 Å². The molecule has 1 unspecified atom stereocenters. The van der Waals surface area contributed by atoms with Crippen molar-refractivity contribution in [3.05, 3.63) is 0 Å². The fourth-order valence-corrected chi connectivity index (χ4v) is 2.87. The van der Waals surface area contributed by atoms with E-state index in [4.69, 9.17) is 5.73 Å². The standard InChI is InChI=1S/C13H26N2O2/c1-3-5-12(13(16)17)15(4-2)11-8-6-10(14)7-9-11/h10-12H,3-9,14H2,1-2H3,(H,16,17). The summed E-state index contributed by atoms with van der Waals surface area (Å²) in [5, 5.41) is 9.32. The molecule has 4 nitrogen and oxygen atoms in total. The van der Waals surface area contributed by atoms with Crippen molar-refractivity contribution in [3.8, 4) is 0 Å². The molecule has 1 aliphatic carbocycles. The normalized spacial score (nSPS) is 27.1. The average molecular weight is 242 g/mol. The second-order valence-electron chi connectivity index (χ2n) is 5.04. The zero-order chi connectivity index (χ0) is 12.8. The van der Waals surface area contributed by atoms with E-state index in [2.05, 4.69) is 11.8 Å². The molecule has 0 aromatic heterocycles. The molecule has 17 heavy (non-hydrogen) atoms. The van der Waals surface area contributed by atoms with Crippen LogP contribution in [0.15, 0.2) is 0 Å². The maximum atomic E-state index is 11.3. The van der Waals surface area contributed by atoms with Crippen LogP contribution in [0, 0.1) is 0 Å². The first-order valence-corrected chi connectivity index (χ1v) is 6.84. The summed E-state index contributed by atoms with van der Waals surface area (Å²) in [6, 6.07) is 0.413. The topological polar surface area (TPSA) is 66.6 Å². The first-order chi connectivity index (χ1) is 8.10. The van der Waals surface area contributed by atoms with Gasteiger partial charge in [0.2, 0.25) is 0 Å². The summed E-state index contributed by atoms with van der Waals surface area (Å²) in [5.41, 5.74) is 5.90. The predicted molar refractivity (Wildman–Crippen MR) is 68.9 cm³/mol. The van der Waals surface area contributed by atoms with Gasteiger partial charge in [-0.1, -0.05) is 20.3 Å². The molecule has 0 aliphatic heterocycles. The van der Waals surface area contributed by atoms with E-state index in [-0.39, 0.29) is 6.04 Å². The summed E-state index contributed by atoms with van der Waals surface area (Å²) >= 11 is 0. The molecular weight excluding hydrogens is 216 g/mol. The van der Waals surface area contributed by atoms with Crippen LogP contribution < -0.4 is 5.73 Å². The third-order valence-corrected chi connectivity index (χ3v) is 3.82. The first-order valence-electron chi connectivity index (χ1n) is 6.84. The molecule has 1 fully saturated rings. The lowest BCUT2D eigenvalue weighted by molar-refractivity contribution is -0.145. The Kier molecular flexibility index (Phi) is 5.92. The molecule has 0 bridgehead atoms. The Morgan fingerprint density at radius 3 is 2.35 bits per heavy atom. The lowest BCUT2D eigenvalue weighted by atomic mass is 9.89. The minimum Gasteiger partial charge on any atom is -0.480 e. The van der Waals surface area contributed by atoms with Crippen LogP contribution in [0.1, 0.15) is 52.4 Å². The largest absolute Gasteiger partial charge is 0.480 e. The molecule has 1 rings (SSSR count). The number of rotatable bonds is 6. The van der Waals surface area contributed by atoms with Gasteiger partial charge < -0.3 is 10.8 Å². The van der Waals surface area contributed by atoms with E-state index in [1.807, 2.05) is 6.92 Å². The van der Waals surface area contributed by atoms with Gasteiger partial charge in [0.05, 0.1) is 0 Å². The maximum Gasteiger partial charge on any atom is 0.320 e. The molecule has 0 amide bonds. The van der Waals surface area contributed by atoms with E-state index in [1.54, 1.807) is 0 Å². The quantitative estimate of drug-likeness (QED) is 0.745. The molecule has 0 aromatic rings. The number of aliphatic carboxylic acids is 1. The minimum atomic E-state index is -0.677. The highest BCUT2D eigenvalue weighted by molar-refractivity contribution is 5.73. The van der Waals surface area contributed by atoms with Crippen molar-refractivity contribution < 1.29 is 9.90 Å². The monoisotopic (exact) mass is 242 g/mol. The third-order valence-electron chi connectivity index (χ3n) is 3.82. The SMILES string of the molecule is CCCC(C(=O)O)N(CC)C1CCC(N)CC1. The maximum absolute atomic E-state index is 11.3. The summed E-state index contributed by atoms with van der Waals surface area (Å²) in [5.74, 6) is -0.677. The number of nitrogens with two attached hydrogens (primary N) is 1. The highest BCUT2D eigenvalue weighted by Crippen LogP contribution is 2.25. The van der Waals surface area contributed by atoms with Gasteiger partial charge in [-0.3, -0.25) is 9.69 Å². The molecule has 0 spiro atoms. The van der Waals surface area contributed by atoms with Gasteiger partial charge >= 0.3 is 5.97 Å². The van der Waals surface area contributed by atoms with E-state index < -0.39 is 5.97 Å².